The third-order valence-corrected chi connectivity index (χ3v) is 4.16. The number of halogens is 3. The smallest absolute Gasteiger partial charge is 0.255 e. The van der Waals surface area contributed by atoms with Crippen LogP contribution in [0, 0.1) is 0 Å². The van der Waals surface area contributed by atoms with Gasteiger partial charge in [-0.15, -0.1) is 0 Å². The molecule has 24 heavy (non-hydrogen) atoms. The minimum atomic E-state index is -0.384. The summed E-state index contributed by atoms with van der Waals surface area (Å²) >= 11 is 18.3. The first kappa shape index (κ1) is 18.7. The fourth-order valence-electron chi connectivity index (χ4n) is 2.04. The van der Waals surface area contributed by atoms with E-state index in [1.807, 2.05) is 13.8 Å². The summed E-state index contributed by atoms with van der Waals surface area (Å²) in [4.78, 5) is 12.5. The standard InChI is InChI=1S/C17H16Cl3NO3/c1-3-23-14-9-10(8-12(19)16(14)24-4-2)17(22)21-13-7-5-6-11(18)15(13)20/h5-9H,3-4H2,1-2H3,(H,21,22). The van der Waals surface area contributed by atoms with Gasteiger partial charge in [-0.25, -0.2) is 0 Å². The van der Waals surface area contributed by atoms with Crippen LogP contribution in [0.2, 0.25) is 15.1 Å². The van der Waals surface area contributed by atoms with Gasteiger partial charge in [0.05, 0.1) is 34.0 Å². The molecule has 0 bridgehead atoms. The number of rotatable bonds is 6. The second kappa shape index (κ2) is 8.47. The molecule has 2 aromatic rings. The molecule has 0 aliphatic carbocycles. The first-order valence-corrected chi connectivity index (χ1v) is 8.45. The maximum Gasteiger partial charge on any atom is 0.255 e. The number of amides is 1. The predicted molar refractivity (Wildman–Crippen MR) is 98.2 cm³/mol. The molecule has 0 heterocycles. The molecule has 2 rings (SSSR count). The average molecular weight is 389 g/mol. The minimum absolute atomic E-state index is 0.273. The highest BCUT2D eigenvalue weighted by Crippen LogP contribution is 2.37. The number of hydrogen-bond acceptors (Lipinski definition) is 3. The summed E-state index contributed by atoms with van der Waals surface area (Å²) in [6, 6.07) is 8.09. The van der Waals surface area contributed by atoms with Crippen LogP contribution in [-0.2, 0) is 0 Å². The summed E-state index contributed by atoms with van der Waals surface area (Å²) in [6.07, 6.45) is 0. The van der Waals surface area contributed by atoms with Crippen molar-refractivity contribution in [1.29, 1.82) is 0 Å². The lowest BCUT2D eigenvalue weighted by atomic mass is 10.1. The van der Waals surface area contributed by atoms with E-state index in [0.717, 1.165) is 0 Å². The van der Waals surface area contributed by atoms with Crippen molar-refractivity contribution in [3.8, 4) is 11.5 Å². The van der Waals surface area contributed by atoms with Crippen molar-refractivity contribution in [3.05, 3.63) is 51.0 Å². The lowest BCUT2D eigenvalue weighted by Crippen LogP contribution is -2.13. The highest BCUT2D eigenvalue weighted by molar-refractivity contribution is 6.44. The Hall–Kier alpha value is -1.62. The normalized spacial score (nSPS) is 10.4. The van der Waals surface area contributed by atoms with Crippen LogP contribution in [-0.4, -0.2) is 19.1 Å². The van der Waals surface area contributed by atoms with Crippen LogP contribution in [0.25, 0.3) is 0 Å². The zero-order valence-corrected chi connectivity index (χ0v) is 15.4. The summed E-state index contributed by atoms with van der Waals surface area (Å²) in [5.74, 6) is 0.442. The number of benzene rings is 2. The molecule has 7 heteroatoms. The molecule has 0 saturated heterocycles. The van der Waals surface area contributed by atoms with Gasteiger partial charge in [0.2, 0.25) is 0 Å². The van der Waals surface area contributed by atoms with Crippen LogP contribution in [0.3, 0.4) is 0 Å². The van der Waals surface area contributed by atoms with Gasteiger partial charge in [-0.2, -0.15) is 0 Å². The number of anilines is 1. The van der Waals surface area contributed by atoms with E-state index in [2.05, 4.69) is 5.32 Å². The maximum absolute atomic E-state index is 12.5. The molecule has 2 aromatic carbocycles. The second-order valence-corrected chi connectivity index (χ2v) is 5.90. The lowest BCUT2D eigenvalue weighted by Gasteiger charge is -2.14. The van der Waals surface area contributed by atoms with Crippen molar-refractivity contribution in [2.24, 2.45) is 0 Å². The summed E-state index contributed by atoms with van der Waals surface area (Å²) in [7, 11) is 0. The first-order valence-electron chi connectivity index (χ1n) is 7.32. The fourth-order valence-corrected chi connectivity index (χ4v) is 2.65. The lowest BCUT2D eigenvalue weighted by molar-refractivity contribution is 0.102. The van der Waals surface area contributed by atoms with Gasteiger partial charge in [0.15, 0.2) is 11.5 Å². The van der Waals surface area contributed by atoms with E-state index in [1.54, 1.807) is 24.3 Å². The second-order valence-electron chi connectivity index (χ2n) is 4.71. The van der Waals surface area contributed by atoms with Crippen LogP contribution in [0.15, 0.2) is 30.3 Å². The largest absolute Gasteiger partial charge is 0.490 e. The van der Waals surface area contributed by atoms with Crippen molar-refractivity contribution in [3.63, 3.8) is 0 Å². The topological polar surface area (TPSA) is 47.6 Å². The molecular formula is C17H16Cl3NO3. The van der Waals surface area contributed by atoms with Crippen LogP contribution in [0.4, 0.5) is 5.69 Å². The van der Waals surface area contributed by atoms with Gasteiger partial charge in [0.25, 0.3) is 5.91 Å². The Kier molecular flexibility index (Phi) is 6.60. The quantitative estimate of drug-likeness (QED) is 0.691. The summed E-state index contributed by atoms with van der Waals surface area (Å²) in [5.41, 5.74) is 0.736. The van der Waals surface area contributed by atoms with Crippen LogP contribution >= 0.6 is 34.8 Å². The fraction of sp³-hybridized carbons (Fsp3) is 0.235. The third-order valence-electron chi connectivity index (χ3n) is 3.06. The molecule has 1 amide bonds. The highest BCUT2D eigenvalue weighted by Gasteiger charge is 2.17. The molecule has 0 atom stereocenters. The van der Waals surface area contributed by atoms with Crippen LogP contribution < -0.4 is 14.8 Å². The number of carbonyl (C=O) groups is 1. The molecule has 1 N–H and O–H groups in total. The van der Waals surface area contributed by atoms with Crippen LogP contribution in [0.1, 0.15) is 24.2 Å². The predicted octanol–water partition coefficient (Wildman–Crippen LogP) is 5.70. The Morgan fingerprint density at radius 3 is 2.42 bits per heavy atom. The molecule has 0 aromatic heterocycles. The SMILES string of the molecule is CCOc1cc(C(=O)Nc2cccc(Cl)c2Cl)cc(Cl)c1OCC. The molecule has 0 aliphatic rings. The Labute approximate surface area is 155 Å². The van der Waals surface area contributed by atoms with Gasteiger partial charge in [-0.1, -0.05) is 40.9 Å². The van der Waals surface area contributed by atoms with E-state index in [0.29, 0.717) is 46.0 Å². The van der Waals surface area contributed by atoms with E-state index in [9.17, 15) is 4.79 Å². The molecule has 128 valence electrons. The first-order chi connectivity index (χ1) is 11.5. The van der Waals surface area contributed by atoms with Gasteiger partial charge in [-0.3, -0.25) is 4.79 Å². The third kappa shape index (κ3) is 4.26. The van der Waals surface area contributed by atoms with Gasteiger partial charge in [0, 0.05) is 5.56 Å². The van der Waals surface area contributed by atoms with E-state index in [4.69, 9.17) is 44.3 Å². The minimum Gasteiger partial charge on any atom is -0.490 e. The van der Waals surface area contributed by atoms with Crippen molar-refractivity contribution in [2.45, 2.75) is 13.8 Å². The van der Waals surface area contributed by atoms with Gasteiger partial charge in [0.1, 0.15) is 0 Å². The Morgan fingerprint density at radius 1 is 1.04 bits per heavy atom. The van der Waals surface area contributed by atoms with E-state index < -0.39 is 0 Å². The highest BCUT2D eigenvalue weighted by atomic mass is 35.5. The molecule has 0 unspecified atom stereocenters. The Balaban J connectivity index is 2.33. The van der Waals surface area contributed by atoms with Crippen molar-refractivity contribution in [2.75, 3.05) is 18.5 Å². The molecule has 0 fully saturated rings. The van der Waals surface area contributed by atoms with E-state index >= 15 is 0 Å². The van der Waals surface area contributed by atoms with Crippen molar-refractivity contribution in [1.82, 2.24) is 0 Å². The average Bonchev–Trinajstić information content (AvgIpc) is 2.55. The molecule has 0 radical (unpaired) electrons. The molecular weight excluding hydrogens is 373 g/mol. The Bertz CT molecular complexity index is 750. The monoisotopic (exact) mass is 387 g/mol. The molecule has 0 saturated carbocycles. The van der Waals surface area contributed by atoms with E-state index in [-0.39, 0.29) is 10.9 Å². The number of nitrogens with one attached hydrogen (secondary N) is 1. The van der Waals surface area contributed by atoms with Crippen molar-refractivity contribution < 1.29 is 14.3 Å². The summed E-state index contributed by atoms with van der Waals surface area (Å²) < 4.78 is 11.0. The number of carbonyl (C=O) groups excluding carboxylic acids is 1. The molecule has 0 spiro atoms. The summed E-state index contributed by atoms with van der Waals surface area (Å²) in [6.45, 7) is 4.53. The zero-order chi connectivity index (χ0) is 17.7. The number of hydrogen-bond donors (Lipinski definition) is 1. The van der Waals surface area contributed by atoms with Gasteiger partial charge >= 0.3 is 0 Å². The van der Waals surface area contributed by atoms with Crippen molar-refractivity contribution >= 4 is 46.4 Å². The van der Waals surface area contributed by atoms with Gasteiger partial charge in [-0.05, 0) is 38.1 Å². The zero-order valence-electron chi connectivity index (χ0n) is 13.2. The van der Waals surface area contributed by atoms with Gasteiger partial charge < -0.3 is 14.8 Å². The van der Waals surface area contributed by atoms with E-state index in [1.165, 1.54) is 6.07 Å². The number of ether oxygens (including phenoxy) is 2. The molecule has 4 nitrogen and oxygen atoms in total. The Morgan fingerprint density at radius 2 is 1.75 bits per heavy atom. The van der Waals surface area contributed by atoms with Crippen LogP contribution in [0.5, 0.6) is 11.5 Å². The maximum atomic E-state index is 12.5. The summed E-state index contributed by atoms with van der Waals surface area (Å²) in [5, 5.41) is 3.63. The molecule has 0 aliphatic heterocycles.